The van der Waals surface area contributed by atoms with Crippen LogP contribution in [0.15, 0.2) is 66.9 Å². The van der Waals surface area contributed by atoms with Crippen LogP contribution < -0.4 is 14.8 Å². The normalized spacial score (nSPS) is 12.4. The highest BCUT2D eigenvalue weighted by atomic mass is 19.4. The lowest BCUT2D eigenvalue weighted by atomic mass is 10.0. The van der Waals surface area contributed by atoms with E-state index in [9.17, 15) is 13.2 Å². The summed E-state index contributed by atoms with van der Waals surface area (Å²) in [6.45, 7) is 1.24. The van der Waals surface area contributed by atoms with Crippen molar-refractivity contribution in [1.82, 2.24) is 10.3 Å². The zero-order valence-electron chi connectivity index (χ0n) is 16.7. The van der Waals surface area contributed by atoms with Gasteiger partial charge in [0.1, 0.15) is 5.75 Å². The van der Waals surface area contributed by atoms with Crippen LogP contribution in [0.1, 0.15) is 24.1 Å². The van der Waals surface area contributed by atoms with Gasteiger partial charge in [0.25, 0.3) is 0 Å². The number of ether oxygens (including phenoxy) is 2. The molecule has 0 amide bonds. The van der Waals surface area contributed by atoms with Crippen LogP contribution in [0.3, 0.4) is 0 Å². The number of methoxy groups -OCH3 is 1. The van der Waals surface area contributed by atoms with Crippen molar-refractivity contribution in [2.24, 2.45) is 0 Å². The van der Waals surface area contributed by atoms with E-state index in [0.29, 0.717) is 23.4 Å². The fraction of sp³-hybridized carbons (Fsp3) is 0.261. The molecule has 0 aliphatic carbocycles. The first-order valence-corrected chi connectivity index (χ1v) is 9.47. The predicted octanol–water partition coefficient (Wildman–Crippen LogP) is 5.55. The third-order valence-corrected chi connectivity index (χ3v) is 4.61. The van der Waals surface area contributed by atoms with Gasteiger partial charge in [-0.2, -0.15) is 13.2 Å². The Morgan fingerprint density at radius 3 is 2.47 bits per heavy atom. The highest BCUT2D eigenvalue weighted by Crippen LogP contribution is 2.36. The molecule has 0 saturated carbocycles. The molecule has 0 fully saturated rings. The monoisotopic (exact) mass is 416 g/mol. The van der Waals surface area contributed by atoms with Crippen LogP contribution in [-0.2, 0) is 6.54 Å². The van der Waals surface area contributed by atoms with E-state index in [-0.39, 0.29) is 11.9 Å². The van der Waals surface area contributed by atoms with Gasteiger partial charge in [-0.3, -0.25) is 0 Å². The number of halogens is 3. The molecule has 3 aromatic rings. The van der Waals surface area contributed by atoms with Crippen LogP contribution in [0.25, 0.3) is 11.1 Å². The number of nitrogens with zero attached hydrogens (tertiary/aromatic N) is 1. The summed E-state index contributed by atoms with van der Waals surface area (Å²) < 4.78 is 48.2. The van der Waals surface area contributed by atoms with Crippen molar-refractivity contribution in [3.8, 4) is 22.8 Å². The second-order valence-electron chi connectivity index (χ2n) is 6.81. The molecular weight excluding hydrogens is 393 g/mol. The number of benzene rings is 2. The molecule has 30 heavy (non-hydrogen) atoms. The first kappa shape index (κ1) is 21.6. The van der Waals surface area contributed by atoms with Crippen molar-refractivity contribution in [3.05, 3.63) is 78.0 Å². The van der Waals surface area contributed by atoms with Crippen LogP contribution in [0.2, 0.25) is 0 Å². The maximum atomic E-state index is 12.6. The Labute approximate surface area is 173 Å². The summed E-state index contributed by atoms with van der Waals surface area (Å²) in [6.07, 6.45) is -3.05. The lowest BCUT2D eigenvalue weighted by molar-refractivity contribution is -0.154. The molecule has 0 aliphatic rings. The third-order valence-electron chi connectivity index (χ3n) is 4.61. The average molecular weight is 416 g/mol. The van der Waals surface area contributed by atoms with Crippen molar-refractivity contribution in [3.63, 3.8) is 0 Å². The Morgan fingerprint density at radius 2 is 1.77 bits per heavy atom. The fourth-order valence-corrected chi connectivity index (χ4v) is 3.07. The summed E-state index contributed by atoms with van der Waals surface area (Å²) in [6, 6.07) is 19.1. The SMILES string of the molecule is COc1ccc(CN[C@H](C)c2ccccc2)cc1-c1cccnc1OCC(F)(F)F. The first-order valence-electron chi connectivity index (χ1n) is 9.47. The molecule has 0 spiro atoms. The van der Waals surface area contributed by atoms with Crippen molar-refractivity contribution < 1.29 is 22.6 Å². The molecule has 2 aromatic carbocycles. The Bertz CT molecular complexity index is 962. The average Bonchev–Trinajstić information content (AvgIpc) is 2.76. The van der Waals surface area contributed by atoms with Crippen LogP contribution in [0, 0.1) is 0 Å². The second kappa shape index (κ2) is 9.63. The smallest absolute Gasteiger partial charge is 0.422 e. The van der Waals surface area contributed by atoms with Crippen LogP contribution in [0.4, 0.5) is 13.2 Å². The molecular formula is C23H23F3N2O2. The Hall–Kier alpha value is -3.06. The second-order valence-corrected chi connectivity index (χ2v) is 6.81. The summed E-state index contributed by atoms with van der Waals surface area (Å²) in [7, 11) is 1.51. The summed E-state index contributed by atoms with van der Waals surface area (Å²) in [5.41, 5.74) is 3.19. The first-order chi connectivity index (χ1) is 14.4. The van der Waals surface area contributed by atoms with Gasteiger partial charge in [-0.25, -0.2) is 4.98 Å². The van der Waals surface area contributed by atoms with Gasteiger partial charge >= 0.3 is 6.18 Å². The largest absolute Gasteiger partial charge is 0.496 e. The van der Waals surface area contributed by atoms with Gasteiger partial charge in [0.15, 0.2) is 6.61 Å². The molecule has 0 bridgehead atoms. The minimum absolute atomic E-state index is 0.0871. The van der Waals surface area contributed by atoms with E-state index >= 15 is 0 Å². The van der Waals surface area contributed by atoms with Gasteiger partial charge in [-0.05, 0) is 42.3 Å². The summed E-state index contributed by atoms with van der Waals surface area (Å²) in [5.74, 6) is 0.440. The Morgan fingerprint density at radius 1 is 1.00 bits per heavy atom. The zero-order valence-corrected chi connectivity index (χ0v) is 16.7. The summed E-state index contributed by atoms with van der Waals surface area (Å²) in [4.78, 5) is 3.98. The highest BCUT2D eigenvalue weighted by molar-refractivity contribution is 5.75. The van der Waals surface area contributed by atoms with Crippen molar-refractivity contribution >= 4 is 0 Å². The lowest BCUT2D eigenvalue weighted by Gasteiger charge is -2.17. The van der Waals surface area contributed by atoms with Gasteiger partial charge in [0.2, 0.25) is 5.88 Å². The molecule has 1 atom stereocenters. The highest BCUT2D eigenvalue weighted by Gasteiger charge is 2.29. The summed E-state index contributed by atoms with van der Waals surface area (Å²) >= 11 is 0. The number of pyridine rings is 1. The molecule has 4 nitrogen and oxygen atoms in total. The van der Waals surface area contributed by atoms with Gasteiger partial charge in [0.05, 0.1) is 7.11 Å². The molecule has 0 radical (unpaired) electrons. The van der Waals surface area contributed by atoms with E-state index in [1.54, 1.807) is 18.2 Å². The van der Waals surface area contributed by atoms with Gasteiger partial charge in [0, 0.05) is 29.9 Å². The van der Waals surface area contributed by atoms with Crippen LogP contribution in [0.5, 0.6) is 11.6 Å². The van der Waals surface area contributed by atoms with E-state index in [2.05, 4.69) is 29.4 Å². The van der Waals surface area contributed by atoms with E-state index in [4.69, 9.17) is 9.47 Å². The summed E-state index contributed by atoms with van der Waals surface area (Å²) in [5, 5.41) is 3.45. The quantitative estimate of drug-likeness (QED) is 0.523. The minimum Gasteiger partial charge on any atom is -0.496 e. The predicted molar refractivity (Wildman–Crippen MR) is 109 cm³/mol. The number of alkyl halides is 3. The number of hydrogen-bond acceptors (Lipinski definition) is 4. The van der Waals surface area contributed by atoms with Crippen molar-refractivity contribution in [2.75, 3.05) is 13.7 Å². The van der Waals surface area contributed by atoms with Gasteiger partial charge < -0.3 is 14.8 Å². The number of nitrogens with one attached hydrogen (secondary N) is 1. The van der Waals surface area contributed by atoms with Gasteiger partial charge in [-0.1, -0.05) is 36.4 Å². The fourth-order valence-electron chi connectivity index (χ4n) is 3.07. The molecule has 1 N–H and O–H groups in total. The van der Waals surface area contributed by atoms with Gasteiger partial charge in [-0.15, -0.1) is 0 Å². The van der Waals surface area contributed by atoms with Crippen molar-refractivity contribution in [2.45, 2.75) is 25.7 Å². The molecule has 1 heterocycles. The van der Waals surface area contributed by atoms with E-state index in [0.717, 1.165) is 5.56 Å². The Balaban J connectivity index is 1.83. The molecule has 158 valence electrons. The van der Waals surface area contributed by atoms with Crippen LogP contribution >= 0.6 is 0 Å². The number of hydrogen-bond donors (Lipinski definition) is 1. The maximum Gasteiger partial charge on any atom is 0.422 e. The van der Waals surface area contributed by atoms with E-state index in [1.165, 1.54) is 18.9 Å². The minimum atomic E-state index is -4.45. The number of rotatable bonds is 8. The molecule has 0 unspecified atom stereocenters. The molecule has 0 aliphatic heterocycles. The molecule has 0 saturated heterocycles. The third kappa shape index (κ3) is 5.73. The van der Waals surface area contributed by atoms with Crippen LogP contribution in [-0.4, -0.2) is 24.9 Å². The molecule has 3 rings (SSSR count). The Kier molecular flexibility index (Phi) is 6.95. The standard InChI is InChI=1S/C23H23F3N2O2/c1-16(18-7-4-3-5-8-18)28-14-17-10-11-21(29-2)20(13-17)19-9-6-12-27-22(19)30-15-23(24,25)26/h3-13,16,28H,14-15H2,1-2H3/t16-/m1/s1. The van der Waals surface area contributed by atoms with Crippen molar-refractivity contribution in [1.29, 1.82) is 0 Å². The van der Waals surface area contributed by atoms with E-state index < -0.39 is 12.8 Å². The molecule has 1 aromatic heterocycles. The molecule has 7 heteroatoms. The van der Waals surface area contributed by atoms with E-state index in [1.807, 2.05) is 30.3 Å². The zero-order chi connectivity index (χ0) is 21.6. The lowest BCUT2D eigenvalue weighted by Crippen LogP contribution is -2.20. The maximum absolute atomic E-state index is 12.6. The topological polar surface area (TPSA) is 43.4 Å². The number of aromatic nitrogens is 1.